The van der Waals surface area contributed by atoms with Gasteiger partial charge in [-0.25, -0.2) is 0 Å². The van der Waals surface area contributed by atoms with E-state index in [9.17, 15) is 0 Å². The highest BCUT2D eigenvalue weighted by atomic mass is 79.9. The second-order valence-corrected chi connectivity index (χ2v) is 4.78. The smallest absolute Gasteiger partial charge is 0.161 e. The lowest BCUT2D eigenvalue weighted by Crippen LogP contribution is -2.42. The highest BCUT2D eigenvalue weighted by Gasteiger charge is 2.23. The van der Waals surface area contributed by atoms with E-state index in [1.54, 1.807) is 0 Å². The number of para-hydroxylation sites is 1. The van der Waals surface area contributed by atoms with Crippen LogP contribution in [0.3, 0.4) is 0 Å². The highest BCUT2D eigenvalue weighted by molar-refractivity contribution is 9.08. The molecule has 17 heavy (non-hydrogen) atoms. The van der Waals surface area contributed by atoms with Gasteiger partial charge in [-0.05, 0) is 11.6 Å². The van der Waals surface area contributed by atoms with Crippen molar-refractivity contribution < 1.29 is 4.74 Å². The van der Waals surface area contributed by atoms with Gasteiger partial charge in [0.05, 0.1) is 29.9 Å². The molecule has 0 bridgehead atoms. The molecule has 1 aromatic carbocycles. The SMILES string of the molecule is N#CC1CN(c2c(Cl)cccc2CBr)CCO1. The minimum Gasteiger partial charge on any atom is -0.364 e. The van der Waals surface area contributed by atoms with Crippen molar-refractivity contribution in [2.24, 2.45) is 0 Å². The fourth-order valence-corrected chi connectivity index (χ4v) is 2.72. The van der Waals surface area contributed by atoms with E-state index in [2.05, 4.69) is 26.9 Å². The lowest BCUT2D eigenvalue weighted by atomic mass is 10.1. The number of ether oxygens (including phenoxy) is 1. The van der Waals surface area contributed by atoms with E-state index < -0.39 is 0 Å². The molecule has 0 radical (unpaired) electrons. The summed E-state index contributed by atoms with van der Waals surface area (Å²) in [6, 6.07) is 7.99. The second-order valence-electron chi connectivity index (χ2n) is 3.82. The van der Waals surface area contributed by atoms with Gasteiger partial charge in [-0.2, -0.15) is 5.26 Å². The van der Waals surface area contributed by atoms with Gasteiger partial charge in [0.2, 0.25) is 0 Å². The molecule has 0 aromatic heterocycles. The van der Waals surface area contributed by atoms with Gasteiger partial charge in [0.15, 0.2) is 6.10 Å². The standard InChI is InChI=1S/C12H12BrClN2O/c13-6-9-2-1-3-11(14)12(9)16-4-5-17-10(7-15)8-16/h1-3,10H,4-6,8H2. The summed E-state index contributed by atoms with van der Waals surface area (Å²) in [5, 5.41) is 10.4. The van der Waals surface area contributed by atoms with Crippen molar-refractivity contribution in [3.05, 3.63) is 28.8 Å². The lowest BCUT2D eigenvalue weighted by molar-refractivity contribution is 0.0764. The molecule has 1 unspecified atom stereocenters. The average molecular weight is 316 g/mol. The van der Waals surface area contributed by atoms with E-state index in [1.807, 2.05) is 18.2 Å². The first kappa shape index (κ1) is 12.7. The predicted molar refractivity (Wildman–Crippen MR) is 71.6 cm³/mol. The molecule has 1 aliphatic rings. The van der Waals surface area contributed by atoms with Crippen LogP contribution in [-0.2, 0) is 10.1 Å². The van der Waals surface area contributed by atoms with E-state index >= 15 is 0 Å². The third kappa shape index (κ3) is 2.74. The van der Waals surface area contributed by atoms with E-state index in [0.717, 1.165) is 28.1 Å². The Morgan fingerprint density at radius 3 is 3.12 bits per heavy atom. The summed E-state index contributed by atoms with van der Waals surface area (Å²) >= 11 is 9.71. The average Bonchev–Trinajstić information content (AvgIpc) is 2.38. The molecule has 0 N–H and O–H groups in total. The van der Waals surface area contributed by atoms with Crippen LogP contribution in [0.1, 0.15) is 5.56 Å². The van der Waals surface area contributed by atoms with Gasteiger partial charge in [-0.1, -0.05) is 39.7 Å². The van der Waals surface area contributed by atoms with Crippen molar-refractivity contribution in [3.8, 4) is 6.07 Å². The molecule has 0 amide bonds. The molecule has 0 saturated carbocycles. The maximum absolute atomic E-state index is 8.91. The van der Waals surface area contributed by atoms with Gasteiger partial charge >= 0.3 is 0 Å². The number of hydrogen-bond acceptors (Lipinski definition) is 3. The number of rotatable bonds is 2. The van der Waals surface area contributed by atoms with Crippen molar-refractivity contribution in [2.45, 2.75) is 11.4 Å². The third-order valence-electron chi connectivity index (χ3n) is 2.74. The first-order chi connectivity index (χ1) is 8.26. The van der Waals surface area contributed by atoms with E-state index in [-0.39, 0.29) is 6.10 Å². The Hall–Kier alpha value is -0.760. The Bertz CT molecular complexity index is 447. The Kier molecular flexibility index (Phi) is 4.27. The fraction of sp³-hybridized carbons (Fsp3) is 0.417. The number of alkyl halides is 1. The van der Waals surface area contributed by atoms with Crippen LogP contribution in [0.4, 0.5) is 5.69 Å². The van der Waals surface area contributed by atoms with Gasteiger partial charge in [-0.15, -0.1) is 0 Å². The summed E-state index contributed by atoms with van der Waals surface area (Å²) in [5.41, 5.74) is 2.14. The van der Waals surface area contributed by atoms with Crippen molar-refractivity contribution in [1.82, 2.24) is 0 Å². The molecule has 90 valence electrons. The molecule has 3 nitrogen and oxygen atoms in total. The first-order valence-corrected chi connectivity index (χ1v) is 6.85. The van der Waals surface area contributed by atoms with Gasteiger partial charge < -0.3 is 9.64 Å². The van der Waals surface area contributed by atoms with E-state index in [0.29, 0.717) is 13.2 Å². The summed E-state index contributed by atoms with van der Waals surface area (Å²) in [5.74, 6) is 0. The van der Waals surface area contributed by atoms with Crippen LogP contribution in [0.15, 0.2) is 18.2 Å². The minimum absolute atomic E-state index is 0.372. The maximum Gasteiger partial charge on any atom is 0.161 e. The van der Waals surface area contributed by atoms with Crippen molar-refractivity contribution >= 4 is 33.2 Å². The summed E-state index contributed by atoms with van der Waals surface area (Å²) in [6.45, 7) is 1.90. The highest BCUT2D eigenvalue weighted by Crippen LogP contribution is 2.32. The zero-order valence-corrected chi connectivity index (χ0v) is 11.5. The second kappa shape index (κ2) is 5.72. The summed E-state index contributed by atoms with van der Waals surface area (Å²) in [7, 11) is 0. The Morgan fingerprint density at radius 1 is 1.59 bits per heavy atom. The summed E-state index contributed by atoms with van der Waals surface area (Å²) < 4.78 is 5.33. The van der Waals surface area contributed by atoms with Gasteiger partial charge in [0.25, 0.3) is 0 Å². The van der Waals surface area contributed by atoms with Crippen LogP contribution in [0.5, 0.6) is 0 Å². The molecule has 1 aliphatic heterocycles. The lowest BCUT2D eigenvalue weighted by Gasteiger charge is -2.33. The fourth-order valence-electron chi connectivity index (χ4n) is 1.95. The molecular formula is C12H12BrClN2O. The topological polar surface area (TPSA) is 36.3 Å². The van der Waals surface area contributed by atoms with Crippen molar-refractivity contribution in [3.63, 3.8) is 0 Å². The molecule has 2 rings (SSSR count). The van der Waals surface area contributed by atoms with Crippen LogP contribution < -0.4 is 4.90 Å². The minimum atomic E-state index is -0.372. The molecule has 5 heteroatoms. The molecular weight excluding hydrogens is 304 g/mol. The number of nitrogens with zero attached hydrogens (tertiary/aromatic N) is 2. The van der Waals surface area contributed by atoms with Crippen molar-refractivity contribution in [1.29, 1.82) is 5.26 Å². The van der Waals surface area contributed by atoms with Crippen LogP contribution in [-0.4, -0.2) is 25.8 Å². The molecule has 1 fully saturated rings. The van der Waals surface area contributed by atoms with Crippen molar-refractivity contribution in [2.75, 3.05) is 24.6 Å². The third-order valence-corrected chi connectivity index (χ3v) is 3.65. The number of morpholine rings is 1. The Balaban J connectivity index is 2.30. The number of hydrogen-bond donors (Lipinski definition) is 0. The van der Waals surface area contributed by atoms with Crippen LogP contribution >= 0.6 is 27.5 Å². The summed E-state index contributed by atoms with van der Waals surface area (Å²) in [4.78, 5) is 2.12. The maximum atomic E-state index is 8.91. The monoisotopic (exact) mass is 314 g/mol. The van der Waals surface area contributed by atoms with Crippen LogP contribution in [0, 0.1) is 11.3 Å². The van der Waals surface area contributed by atoms with Gasteiger partial charge in [0, 0.05) is 11.9 Å². The predicted octanol–water partition coefficient (Wildman–Crippen LogP) is 2.96. The van der Waals surface area contributed by atoms with E-state index in [4.69, 9.17) is 21.6 Å². The number of nitriles is 1. The molecule has 1 atom stereocenters. The Labute approximate surface area is 114 Å². The Morgan fingerprint density at radius 2 is 2.41 bits per heavy atom. The van der Waals surface area contributed by atoms with Crippen LogP contribution in [0.25, 0.3) is 0 Å². The van der Waals surface area contributed by atoms with Crippen LogP contribution in [0.2, 0.25) is 5.02 Å². The normalized spacial score (nSPS) is 20.1. The van der Waals surface area contributed by atoms with Gasteiger partial charge in [0.1, 0.15) is 0 Å². The first-order valence-electron chi connectivity index (χ1n) is 5.35. The largest absolute Gasteiger partial charge is 0.364 e. The molecule has 1 aromatic rings. The van der Waals surface area contributed by atoms with Gasteiger partial charge in [-0.3, -0.25) is 0 Å². The summed E-state index contributed by atoms with van der Waals surface area (Å²) in [6.07, 6.45) is -0.372. The number of anilines is 1. The molecule has 1 heterocycles. The molecule has 0 aliphatic carbocycles. The number of halogens is 2. The number of benzene rings is 1. The zero-order valence-electron chi connectivity index (χ0n) is 9.20. The van der Waals surface area contributed by atoms with E-state index in [1.165, 1.54) is 0 Å². The zero-order chi connectivity index (χ0) is 12.3. The molecule has 0 spiro atoms. The molecule has 1 saturated heterocycles. The quantitative estimate of drug-likeness (QED) is 0.787.